The second kappa shape index (κ2) is 6.40. The number of hydrogen-bond acceptors (Lipinski definition) is 2. The normalized spacial score (nSPS) is 17.3. The van der Waals surface area contributed by atoms with Crippen LogP contribution in [0.2, 0.25) is 0 Å². The summed E-state index contributed by atoms with van der Waals surface area (Å²) in [6.45, 7) is 9.64. The minimum Gasteiger partial charge on any atom is -0.256 e. The lowest BCUT2D eigenvalue weighted by Gasteiger charge is -2.41. The van der Waals surface area contributed by atoms with Gasteiger partial charge < -0.3 is 0 Å². The van der Waals surface area contributed by atoms with E-state index in [0.717, 1.165) is 5.69 Å². The molecule has 2 heteroatoms. The van der Waals surface area contributed by atoms with Gasteiger partial charge in [-0.2, -0.15) is 0 Å². The first-order valence-corrected chi connectivity index (χ1v) is 12.0. The molecule has 2 heterocycles. The molecule has 0 amide bonds. The molecule has 0 atom stereocenters. The standard InChI is InChI=1S/C29H27NS/c1-28(2)11-12-29(3,4)24-17-26-22(16-23(24)28)21-15-20-19(14-25(21)31-26)10-13-30-27(20)18-8-6-5-7-9-18/h5-10,13-17H,11-12H2,1-4H3. The first-order chi connectivity index (χ1) is 14.8. The Hall–Kier alpha value is -2.71. The predicted octanol–water partition coefficient (Wildman–Crippen LogP) is 8.62. The number of pyridine rings is 1. The number of rotatable bonds is 1. The summed E-state index contributed by atoms with van der Waals surface area (Å²) in [5.41, 5.74) is 5.78. The van der Waals surface area contributed by atoms with Gasteiger partial charge in [-0.1, -0.05) is 58.0 Å². The Morgan fingerprint density at radius 2 is 1.35 bits per heavy atom. The molecule has 6 rings (SSSR count). The van der Waals surface area contributed by atoms with Gasteiger partial charge in [0.2, 0.25) is 0 Å². The minimum absolute atomic E-state index is 0.223. The van der Waals surface area contributed by atoms with Crippen molar-refractivity contribution in [2.45, 2.75) is 51.4 Å². The summed E-state index contributed by atoms with van der Waals surface area (Å²) in [6.07, 6.45) is 4.43. The minimum atomic E-state index is 0.223. The summed E-state index contributed by atoms with van der Waals surface area (Å²) >= 11 is 1.93. The molecule has 0 saturated heterocycles. The summed E-state index contributed by atoms with van der Waals surface area (Å²) in [6, 6.07) is 22.4. The van der Waals surface area contributed by atoms with Gasteiger partial charge in [0.05, 0.1) is 5.69 Å². The first-order valence-electron chi connectivity index (χ1n) is 11.2. The molecule has 5 aromatic rings. The van der Waals surface area contributed by atoms with Crippen molar-refractivity contribution in [1.29, 1.82) is 0 Å². The fourth-order valence-corrected chi connectivity index (χ4v) is 6.49. The Balaban J connectivity index is 1.68. The Morgan fingerprint density at radius 3 is 2.10 bits per heavy atom. The average Bonchev–Trinajstić information content (AvgIpc) is 3.11. The lowest BCUT2D eigenvalue weighted by Crippen LogP contribution is -2.33. The second-order valence-corrected chi connectivity index (χ2v) is 11.4. The van der Waals surface area contributed by atoms with Gasteiger partial charge in [-0.15, -0.1) is 11.3 Å². The number of hydrogen-bond donors (Lipinski definition) is 0. The summed E-state index contributed by atoms with van der Waals surface area (Å²) in [5, 5.41) is 5.26. The number of fused-ring (bicyclic) bond motifs is 5. The Bertz CT molecular complexity index is 1470. The van der Waals surface area contributed by atoms with Gasteiger partial charge in [-0.3, -0.25) is 4.98 Å². The van der Waals surface area contributed by atoms with E-state index in [1.165, 1.54) is 54.9 Å². The third-order valence-electron chi connectivity index (χ3n) is 7.37. The van der Waals surface area contributed by atoms with Crippen LogP contribution in [0.3, 0.4) is 0 Å². The molecule has 0 saturated carbocycles. The summed E-state index contributed by atoms with van der Waals surface area (Å²) in [4.78, 5) is 4.76. The van der Waals surface area contributed by atoms with E-state index in [1.54, 1.807) is 5.56 Å². The number of thiophene rings is 1. The van der Waals surface area contributed by atoms with Crippen LogP contribution in [0.25, 0.3) is 42.2 Å². The maximum absolute atomic E-state index is 4.76. The number of nitrogens with zero attached hydrogens (tertiary/aromatic N) is 1. The van der Waals surface area contributed by atoms with Gasteiger partial charge in [-0.05, 0) is 70.5 Å². The van der Waals surface area contributed by atoms with E-state index in [0.29, 0.717) is 0 Å². The maximum Gasteiger partial charge on any atom is 0.0780 e. The van der Waals surface area contributed by atoms with Crippen molar-refractivity contribution in [2.24, 2.45) is 0 Å². The van der Waals surface area contributed by atoms with Crippen molar-refractivity contribution in [3.63, 3.8) is 0 Å². The molecule has 2 aromatic heterocycles. The van der Waals surface area contributed by atoms with Gasteiger partial charge in [0, 0.05) is 37.3 Å². The highest BCUT2D eigenvalue weighted by atomic mass is 32.1. The van der Waals surface area contributed by atoms with Crippen LogP contribution < -0.4 is 0 Å². The van der Waals surface area contributed by atoms with Gasteiger partial charge in [0.1, 0.15) is 0 Å². The predicted molar refractivity (Wildman–Crippen MR) is 135 cm³/mol. The molecule has 0 unspecified atom stereocenters. The van der Waals surface area contributed by atoms with Crippen LogP contribution in [-0.4, -0.2) is 4.98 Å². The Labute approximate surface area is 187 Å². The Morgan fingerprint density at radius 1 is 0.710 bits per heavy atom. The monoisotopic (exact) mass is 421 g/mol. The van der Waals surface area contributed by atoms with E-state index in [1.807, 2.05) is 17.5 Å². The molecular weight excluding hydrogens is 394 g/mol. The largest absolute Gasteiger partial charge is 0.256 e. The van der Waals surface area contributed by atoms with Crippen LogP contribution in [0, 0.1) is 0 Å². The zero-order valence-electron chi connectivity index (χ0n) is 18.6. The van der Waals surface area contributed by atoms with Crippen molar-refractivity contribution in [3.8, 4) is 11.3 Å². The highest BCUT2D eigenvalue weighted by Gasteiger charge is 2.37. The van der Waals surface area contributed by atoms with Crippen LogP contribution in [0.5, 0.6) is 0 Å². The van der Waals surface area contributed by atoms with E-state index in [-0.39, 0.29) is 10.8 Å². The van der Waals surface area contributed by atoms with Crippen LogP contribution in [0.1, 0.15) is 51.7 Å². The van der Waals surface area contributed by atoms with E-state index < -0.39 is 0 Å². The molecule has 0 spiro atoms. The zero-order valence-corrected chi connectivity index (χ0v) is 19.4. The number of benzene rings is 3. The second-order valence-electron chi connectivity index (χ2n) is 10.4. The van der Waals surface area contributed by atoms with E-state index >= 15 is 0 Å². The van der Waals surface area contributed by atoms with Crippen LogP contribution in [-0.2, 0) is 10.8 Å². The molecule has 3 aromatic carbocycles. The van der Waals surface area contributed by atoms with Gasteiger partial charge in [-0.25, -0.2) is 0 Å². The SMILES string of the molecule is CC1(C)CCC(C)(C)c2cc3c(cc21)sc1cc2ccnc(-c4ccccc4)c2cc13. The van der Waals surface area contributed by atoms with Crippen molar-refractivity contribution in [1.82, 2.24) is 4.98 Å². The quantitative estimate of drug-likeness (QED) is 0.264. The highest BCUT2D eigenvalue weighted by Crippen LogP contribution is 2.49. The van der Waals surface area contributed by atoms with E-state index in [2.05, 4.69) is 88.4 Å². The van der Waals surface area contributed by atoms with E-state index in [4.69, 9.17) is 4.98 Å². The molecule has 0 radical (unpaired) electrons. The third kappa shape index (κ3) is 2.85. The molecule has 31 heavy (non-hydrogen) atoms. The van der Waals surface area contributed by atoms with Crippen LogP contribution >= 0.6 is 11.3 Å². The van der Waals surface area contributed by atoms with Crippen LogP contribution in [0.15, 0.2) is 66.9 Å². The molecule has 0 N–H and O–H groups in total. The lowest BCUT2D eigenvalue weighted by molar-refractivity contribution is 0.332. The maximum atomic E-state index is 4.76. The van der Waals surface area contributed by atoms with Crippen LogP contribution in [0.4, 0.5) is 0 Å². The zero-order chi connectivity index (χ0) is 21.4. The molecule has 154 valence electrons. The average molecular weight is 422 g/mol. The topological polar surface area (TPSA) is 12.9 Å². The van der Waals surface area contributed by atoms with Crippen molar-refractivity contribution < 1.29 is 0 Å². The fraction of sp³-hybridized carbons (Fsp3) is 0.276. The summed E-state index contributed by atoms with van der Waals surface area (Å²) in [7, 11) is 0. The van der Waals surface area contributed by atoms with Gasteiger partial charge in [0.25, 0.3) is 0 Å². The van der Waals surface area contributed by atoms with Crippen molar-refractivity contribution in [3.05, 3.63) is 78.0 Å². The molecule has 1 nitrogen and oxygen atoms in total. The van der Waals surface area contributed by atoms with Gasteiger partial charge in [0.15, 0.2) is 0 Å². The fourth-order valence-electron chi connectivity index (χ4n) is 5.33. The number of aromatic nitrogens is 1. The smallest absolute Gasteiger partial charge is 0.0780 e. The molecule has 0 bridgehead atoms. The first kappa shape index (κ1) is 19.0. The lowest BCUT2D eigenvalue weighted by atomic mass is 9.63. The van der Waals surface area contributed by atoms with Crippen molar-refractivity contribution in [2.75, 3.05) is 0 Å². The summed E-state index contributed by atoms with van der Waals surface area (Å²) in [5.74, 6) is 0. The van der Waals surface area contributed by atoms with Gasteiger partial charge >= 0.3 is 0 Å². The third-order valence-corrected chi connectivity index (χ3v) is 8.49. The highest BCUT2D eigenvalue weighted by molar-refractivity contribution is 7.25. The van der Waals surface area contributed by atoms with E-state index in [9.17, 15) is 0 Å². The molecule has 1 aliphatic carbocycles. The summed E-state index contributed by atoms with van der Waals surface area (Å²) < 4.78 is 2.77. The van der Waals surface area contributed by atoms with Crippen molar-refractivity contribution >= 4 is 42.3 Å². The molecule has 0 aliphatic heterocycles. The molecule has 1 aliphatic rings. The molecule has 0 fully saturated rings. The Kier molecular flexibility index (Phi) is 3.92. The molecular formula is C29H27NS.